The minimum Gasteiger partial charge on any atom is -0.476 e. The molecule has 0 radical (unpaired) electrons. The molecule has 6 heteroatoms. The molecule has 0 aliphatic rings. The van der Waals surface area contributed by atoms with Gasteiger partial charge in [-0.05, 0) is 0 Å². The number of hydrogen-bond acceptors (Lipinski definition) is 4. The third-order valence-electron chi connectivity index (χ3n) is 1.47. The summed E-state index contributed by atoms with van der Waals surface area (Å²) < 4.78 is 6.04. The van der Waals surface area contributed by atoms with Crippen molar-refractivity contribution in [1.29, 1.82) is 0 Å². The largest absolute Gasteiger partial charge is 0.476 e. The summed E-state index contributed by atoms with van der Waals surface area (Å²) in [5.74, 6) is -1.16. The number of nitrogens with two attached hydrogens (primary N) is 1. The van der Waals surface area contributed by atoms with E-state index in [-0.39, 0.29) is 17.5 Å². The SMILES string of the molecule is COc1nc(N)c(C(=O)O)n1C. The summed E-state index contributed by atoms with van der Waals surface area (Å²) in [6, 6.07) is 0.185. The molecule has 6 nitrogen and oxygen atoms in total. The first-order valence-electron chi connectivity index (χ1n) is 3.17. The average molecular weight is 171 g/mol. The zero-order valence-electron chi connectivity index (χ0n) is 6.74. The number of aromatic carboxylic acids is 1. The summed E-state index contributed by atoms with van der Waals surface area (Å²) in [6.45, 7) is 0. The van der Waals surface area contributed by atoms with Crippen molar-refractivity contribution >= 4 is 11.8 Å². The van der Waals surface area contributed by atoms with E-state index in [0.29, 0.717) is 0 Å². The van der Waals surface area contributed by atoms with Gasteiger partial charge in [-0.1, -0.05) is 0 Å². The third-order valence-corrected chi connectivity index (χ3v) is 1.47. The van der Waals surface area contributed by atoms with Gasteiger partial charge in [-0.3, -0.25) is 4.57 Å². The number of nitrogens with zero attached hydrogens (tertiary/aromatic N) is 2. The fourth-order valence-electron chi connectivity index (χ4n) is 0.934. The second-order valence-corrected chi connectivity index (χ2v) is 2.20. The molecule has 0 saturated carbocycles. The molecule has 0 fully saturated rings. The molecular formula is C6H9N3O3. The van der Waals surface area contributed by atoms with Crippen LogP contribution in [0.1, 0.15) is 10.5 Å². The molecule has 1 aromatic heterocycles. The van der Waals surface area contributed by atoms with Gasteiger partial charge in [-0.2, -0.15) is 4.98 Å². The Labute approximate surface area is 68.6 Å². The molecule has 66 valence electrons. The van der Waals surface area contributed by atoms with Crippen LogP contribution >= 0.6 is 0 Å². The van der Waals surface area contributed by atoms with Crippen LogP contribution in [0.25, 0.3) is 0 Å². The highest BCUT2D eigenvalue weighted by molar-refractivity contribution is 5.91. The van der Waals surface area contributed by atoms with Crippen molar-refractivity contribution in [1.82, 2.24) is 9.55 Å². The molecule has 12 heavy (non-hydrogen) atoms. The second kappa shape index (κ2) is 2.72. The lowest BCUT2D eigenvalue weighted by atomic mass is 10.4. The standard InChI is InChI=1S/C6H9N3O3/c1-9-3(5(10)11)4(7)8-6(9)12-2/h7H2,1-2H3,(H,10,11). The lowest BCUT2D eigenvalue weighted by molar-refractivity contribution is 0.0686. The van der Waals surface area contributed by atoms with Crippen LogP contribution in [0.15, 0.2) is 0 Å². The van der Waals surface area contributed by atoms with E-state index in [1.807, 2.05) is 0 Å². The highest BCUT2D eigenvalue weighted by atomic mass is 16.5. The quantitative estimate of drug-likeness (QED) is 0.638. The van der Waals surface area contributed by atoms with Crippen LogP contribution in [0, 0.1) is 0 Å². The van der Waals surface area contributed by atoms with Gasteiger partial charge in [0.15, 0.2) is 11.5 Å². The fraction of sp³-hybridized carbons (Fsp3) is 0.333. The predicted octanol–water partition coefficient (Wildman–Crippen LogP) is -0.291. The number of hydrogen-bond donors (Lipinski definition) is 2. The second-order valence-electron chi connectivity index (χ2n) is 2.20. The highest BCUT2D eigenvalue weighted by Crippen LogP contribution is 2.17. The van der Waals surface area contributed by atoms with E-state index >= 15 is 0 Å². The van der Waals surface area contributed by atoms with Gasteiger partial charge in [0.2, 0.25) is 0 Å². The van der Waals surface area contributed by atoms with Crippen molar-refractivity contribution in [3.63, 3.8) is 0 Å². The number of anilines is 1. The minimum absolute atomic E-state index is 0.0400. The van der Waals surface area contributed by atoms with E-state index in [1.54, 1.807) is 0 Å². The van der Waals surface area contributed by atoms with Gasteiger partial charge in [-0.25, -0.2) is 4.79 Å². The Bertz CT molecular complexity index is 318. The van der Waals surface area contributed by atoms with Crippen LogP contribution in [0.4, 0.5) is 5.82 Å². The highest BCUT2D eigenvalue weighted by Gasteiger charge is 2.18. The number of imidazole rings is 1. The van der Waals surface area contributed by atoms with Crippen LogP contribution in [0.2, 0.25) is 0 Å². The summed E-state index contributed by atoms with van der Waals surface area (Å²) in [7, 11) is 2.92. The molecule has 0 aliphatic heterocycles. The lowest BCUT2D eigenvalue weighted by Gasteiger charge is -1.99. The first-order chi connectivity index (χ1) is 5.57. The Morgan fingerprint density at radius 1 is 1.75 bits per heavy atom. The molecule has 0 atom stereocenters. The summed E-state index contributed by atoms with van der Waals surface area (Å²) in [5.41, 5.74) is 5.26. The van der Waals surface area contributed by atoms with Gasteiger partial charge in [0.25, 0.3) is 6.01 Å². The number of rotatable bonds is 2. The summed E-state index contributed by atoms with van der Waals surface area (Å²) in [5, 5.41) is 8.66. The zero-order chi connectivity index (χ0) is 9.30. The van der Waals surface area contributed by atoms with Crippen LogP contribution in [0.5, 0.6) is 6.01 Å². The Kier molecular flexibility index (Phi) is 1.90. The Hall–Kier alpha value is -1.72. The van der Waals surface area contributed by atoms with Gasteiger partial charge in [0.1, 0.15) is 0 Å². The van der Waals surface area contributed by atoms with E-state index < -0.39 is 5.97 Å². The van der Waals surface area contributed by atoms with E-state index in [9.17, 15) is 4.79 Å². The molecule has 1 rings (SSSR count). The summed E-state index contributed by atoms with van der Waals surface area (Å²) in [6.07, 6.45) is 0. The molecule has 0 bridgehead atoms. The number of ether oxygens (including phenoxy) is 1. The van der Waals surface area contributed by atoms with Crippen molar-refractivity contribution in [2.75, 3.05) is 12.8 Å². The van der Waals surface area contributed by atoms with Crippen LogP contribution in [-0.2, 0) is 7.05 Å². The summed E-state index contributed by atoms with van der Waals surface area (Å²) in [4.78, 5) is 14.3. The molecule has 0 aliphatic carbocycles. The fourth-order valence-corrected chi connectivity index (χ4v) is 0.934. The topological polar surface area (TPSA) is 90.4 Å². The molecule has 0 amide bonds. The molecule has 0 unspecified atom stereocenters. The van der Waals surface area contributed by atoms with Crippen molar-refractivity contribution in [2.24, 2.45) is 7.05 Å². The van der Waals surface area contributed by atoms with Crippen molar-refractivity contribution in [3.05, 3.63) is 5.69 Å². The van der Waals surface area contributed by atoms with Gasteiger partial charge >= 0.3 is 5.97 Å². The average Bonchev–Trinajstić information content (AvgIpc) is 2.25. The molecule has 0 aromatic carbocycles. The first-order valence-corrected chi connectivity index (χ1v) is 3.17. The molecule has 3 N–H and O–H groups in total. The number of carboxylic acids is 1. The van der Waals surface area contributed by atoms with Crippen LogP contribution < -0.4 is 10.5 Å². The van der Waals surface area contributed by atoms with Crippen LogP contribution in [-0.4, -0.2) is 27.7 Å². The van der Waals surface area contributed by atoms with Gasteiger partial charge in [-0.15, -0.1) is 0 Å². The number of nitrogen functional groups attached to an aromatic ring is 1. The van der Waals surface area contributed by atoms with E-state index in [2.05, 4.69) is 4.98 Å². The normalized spacial score (nSPS) is 9.83. The Morgan fingerprint density at radius 2 is 2.33 bits per heavy atom. The monoisotopic (exact) mass is 171 g/mol. The van der Waals surface area contributed by atoms with Crippen molar-refractivity contribution in [2.45, 2.75) is 0 Å². The van der Waals surface area contributed by atoms with Gasteiger partial charge in [0.05, 0.1) is 7.11 Å². The van der Waals surface area contributed by atoms with Crippen molar-refractivity contribution in [3.8, 4) is 6.01 Å². The van der Waals surface area contributed by atoms with E-state index in [0.717, 1.165) is 0 Å². The molecular weight excluding hydrogens is 162 g/mol. The van der Waals surface area contributed by atoms with E-state index in [1.165, 1.54) is 18.7 Å². The molecule has 0 saturated heterocycles. The first kappa shape index (κ1) is 8.38. The minimum atomic E-state index is -1.12. The molecule has 0 spiro atoms. The van der Waals surface area contributed by atoms with Crippen molar-refractivity contribution < 1.29 is 14.6 Å². The maximum Gasteiger partial charge on any atom is 0.356 e. The third kappa shape index (κ3) is 1.07. The zero-order valence-corrected chi connectivity index (χ0v) is 6.74. The number of methoxy groups -OCH3 is 1. The molecule has 1 aromatic rings. The maximum absolute atomic E-state index is 10.6. The van der Waals surface area contributed by atoms with Crippen LogP contribution in [0.3, 0.4) is 0 Å². The number of carboxylic acid groups (broad SMARTS) is 1. The summed E-state index contributed by atoms with van der Waals surface area (Å²) >= 11 is 0. The predicted molar refractivity (Wildman–Crippen MR) is 41.1 cm³/mol. The smallest absolute Gasteiger partial charge is 0.356 e. The number of carbonyl (C=O) groups is 1. The van der Waals surface area contributed by atoms with Gasteiger partial charge in [0, 0.05) is 7.05 Å². The number of aromatic nitrogens is 2. The van der Waals surface area contributed by atoms with Gasteiger partial charge < -0.3 is 15.6 Å². The maximum atomic E-state index is 10.6. The van der Waals surface area contributed by atoms with E-state index in [4.69, 9.17) is 15.6 Å². The Balaban J connectivity index is 3.28. The Morgan fingerprint density at radius 3 is 2.58 bits per heavy atom. The molecule has 1 heterocycles. The lowest BCUT2D eigenvalue weighted by Crippen LogP contribution is -2.07.